The third kappa shape index (κ3) is 4.52. The highest BCUT2D eigenvalue weighted by atomic mass is 14.8. The van der Waals surface area contributed by atoms with Gasteiger partial charge in [0.15, 0.2) is 0 Å². The Morgan fingerprint density at radius 3 is 2.69 bits per heavy atom. The maximum absolute atomic E-state index is 5.16. The second-order valence-corrected chi connectivity index (χ2v) is 3.70. The quantitative estimate of drug-likeness (QED) is 0.593. The standard InChI is InChI=1S/C15H17N/c1-4-6-13(2)7-5-12-16-15-10-8-14(3)9-11-15/h1,5-11,16H,12H2,2-3H3/b7-5-,13-6-. The van der Waals surface area contributed by atoms with Crippen LogP contribution in [-0.4, -0.2) is 6.54 Å². The van der Waals surface area contributed by atoms with E-state index in [0.717, 1.165) is 17.8 Å². The average molecular weight is 211 g/mol. The molecule has 0 heterocycles. The van der Waals surface area contributed by atoms with Gasteiger partial charge in [-0.05, 0) is 37.6 Å². The SMILES string of the molecule is C#C/C=C(C)\C=C/CNc1ccc(C)cc1. The van der Waals surface area contributed by atoms with Crippen molar-refractivity contribution in [1.29, 1.82) is 0 Å². The van der Waals surface area contributed by atoms with E-state index < -0.39 is 0 Å². The molecule has 16 heavy (non-hydrogen) atoms. The van der Waals surface area contributed by atoms with Gasteiger partial charge in [0.2, 0.25) is 0 Å². The van der Waals surface area contributed by atoms with Crippen molar-refractivity contribution in [2.24, 2.45) is 0 Å². The molecule has 0 atom stereocenters. The fraction of sp³-hybridized carbons (Fsp3) is 0.200. The molecule has 0 spiro atoms. The number of aryl methyl sites for hydroxylation is 1. The second kappa shape index (κ2) is 6.53. The van der Waals surface area contributed by atoms with Crippen LogP contribution in [0.3, 0.4) is 0 Å². The number of terminal acetylenes is 1. The molecule has 1 nitrogen and oxygen atoms in total. The van der Waals surface area contributed by atoms with E-state index in [1.165, 1.54) is 5.56 Å². The van der Waals surface area contributed by atoms with Crippen molar-refractivity contribution in [2.75, 3.05) is 11.9 Å². The summed E-state index contributed by atoms with van der Waals surface area (Å²) in [7, 11) is 0. The van der Waals surface area contributed by atoms with Gasteiger partial charge in [0.05, 0.1) is 0 Å². The summed E-state index contributed by atoms with van der Waals surface area (Å²) < 4.78 is 0. The first-order valence-electron chi connectivity index (χ1n) is 5.32. The Balaban J connectivity index is 2.39. The van der Waals surface area contributed by atoms with E-state index in [1.807, 2.05) is 13.0 Å². The van der Waals surface area contributed by atoms with Gasteiger partial charge in [0.25, 0.3) is 0 Å². The van der Waals surface area contributed by atoms with Gasteiger partial charge in [-0.1, -0.05) is 35.8 Å². The van der Waals surface area contributed by atoms with Crippen LogP contribution < -0.4 is 5.32 Å². The molecular weight excluding hydrogens is 194 g/mol. The Morgan fingerprint density at radius 1 is 1.38 bits per heavy atom. The Bertz CT molecular complexity index is 416. The molecule has 0 unspecified atom stereocenters. The molecule has 0 saturated carbocycles. The number of benzene rings is 1. The fourth-order valence-corrected chi connectivity index (χ4v) is 1.27. The van der Waals surface area contributed by atoms with Crippen molar-refractivity contribution in [3.05, 3.63) is 53.6 Å². The maximum atomic E-state index is 5.16. The molecular formula is C15H17N. The Kier molecular flexibility index (Phi) is 4.95. The Hall–Kier alpha value is -1.94. The van der Waals surface area contributed by atoms with E-state index in [0.29, 0.717) is 0 Å². The molecule has 1 rings (SSSR count). The van der Waals surface area contributed by atoms with Crippen LogP contribution in [0.1, 0.15) is 12.5 Å². The van der Waals surface area contributed by atoms with Gasteiger partial charge in [-0.3, -0.25) is 0 Å². The van der Waals surface area contributed by atoms with Gasteiger partial charge >= 0.3 is 0 Å². The molecule has 0 saturated heterocycles. The minimum absolute atomic E-state index is 0.804. The zero-order valence-corrected chi connectivity index (χ0v) is 9.83. The lowest BCUT2D eigenvalue weighted by molar-refractivity contribution is 1.31. The number of hydrogen-bond donors (Lipinski definition) is 1. The molecule has 1 N–H and O–H groups in total. The van der Waals surface area contributed by atoms with Crippen LogP contribution in [-0.2, 0) is 0 Å². The van der Waals surface area contributed by atoms with E-state index in [2.05, 4.69) is 48.5 Å². The lowest BCUT2D eigenvalue weighted by Gasteiger charge is -2.02. The summed E-state index contributed by atoms with van der Waals surface area (Å²) in [4.78, 5) is 0. The summed E-state index contributed by atoms with van der Waals surface area (Å²) in [6, 6.07) is 8.34. The minimum Gasteiger partial charge on any atom is -0.382 e. The lowest BCUT2D eigenvalue weighted by Crippen LogP contribution is -1.97. The number of allylic oxidation sites excluding steroid dienone is 3. The maximum Gasteiger partial charge on any atom is 0.0342 e. The van der Waals surface area contributed by atoms with Crippen LogP contribution in [0.4, 0.5) is 5.69 Å². The largest absolute Gasteiger partial charge is 0.382 e. The molecule has 0 aliphatic heterocycles. The minimum atomic E-state index is 0.804. The van der Waals surface area contributed by atoms with E-state index in [9.17, 15) is 0 Å². The smallest absolute Gasteiger partial charge is 0.0342 e. The molecule has 0 radical (unpaired) electrons. The summed E-state index contributed by atoms with van der Waals surface area (Å²) in [5.74, 6) is 2.50. The third-order valence-electron chi connectivity index (χ3n) is 2.17. The predicted octanol–water partition coefficient (Wildman–Crippen LogP) is 3.54. The zero-order valence-electron chi connectivity index (χ0n) is 9.83. The van der Waals surface area contributed by atoms with E-state index >= 15 is 0 Å². The van der Waals surface area contributed by atoms with E-state index in [1.54, 1.807) is 6.08 Å². The topological polar surface area (TPSA) is 12.0 Å². The van der Waals surface area contributed by atoms with Crippen LogP contribution in [0.15, 0.2) is 48.1 Å². The first-order valence-corrected chi connectivity index (χ1v) is 5.32. The molecule has 82 valence electrons. The van der Waals surface area contributed by atoms with Gasteiger partial charge in [0.1, 0.15) is 0 Å². The first kappa shape index (κ1) is 12.1. The number of rotatable bonds is 4. The monoisotopic (exact) mass is 211 g/mol. The van der Waals surface area contributed by atoms with Gasteiger partial charge in [-0.2, -0.15) is 0 Å². The van der Waals surface area contributed by atoms with Crippen LogP contribution in [0.25, 0.3) is 0 Å². The predicted molar refractivity (Wildman–Crippen MR) is 71.4 cm³/mol. The highest BCUT2D eigenvalue weighted by molar-refractivity contribution is 5.45. The average Bonchev–Trinajstić information content (AvgIpc) is 2.27. The van der Waals surface area contributed by atoms with Crippen LogP contribution in [0, 0.1) is 19.3 Å². The van der Waals surface area contributed by atoms with Crippen molar-refractivity contribution < 1.29 is 0 Å². The summed E-state index contributed by atoms with van der Waals surface area (Å²) in [6.45, 7) is 4.87. The number of nitrogens with one attached hydrogen (secondary N) is 1. The van der Waals surface area contributed by atoms with Crippen molar-refractivity contribution in [2.45, 2.75) is 13.8 Å². The molecule has 0 aromatic heterocycles. The van der Waals surface area contributed by atoms with Gasteiger partial charge in [-0.25, -0.2) is 0 Å². The van der Waals surface area contributed by atoms with Crippen LogP contribution in [0.2, 0.25) is 0 Å². The van der Waals surface area contributed by atoms with Gasteiger partial charge < -0.3 is 5.32 Å². The molecule has 1 heteroatoms. The summed E-state index contributed by atoms with van der Waals surface area (Å²) in [5, 5.41) is 3.30. The molecule has 0 aliphatic carbocycles. The van der Waals surface area contributed by atoms with Crippen molar-refractivity contribution >= 4 is 5.69 Å². The molecule has 1 aromatic rings. The second-order valence-electron chi connectivity index (χ2n) is 3.70. The third-order valence-corrected chi connectivity index (χ3v) is 2.17. The highest BCUT2D eigenvalue weighted by Gasteiger charge is 1.88. The molecule has 0 aliphatic rings. The molecule has 0 amide bonds. The van der Waals surface area contributed by atoms with Crippen molar-refractivity contribution in [3.63, 3.8) is 0 Å². The highest BCUT2D eigenvalue weighted by Crippen LogP contribution is 2.07. The van der Waals surface area contributed by atoms with Gasteiger partial charge in [-0.15, -0.1) is 6.42 Å². The normalized spacial score (nSPS) is 11.4. The van der Waals surface area contributed by atoms with E-state index in [-0.39, 0.29) is 0 Å². The first-order chi connectivity index (χ1) is 7.72. The van der Waals surface area contributed by atoms with E-state index in [4.69, 9.17) is 6.42 Å². The lowest BCUT2D eigenvalue weighted by atomic mass is 10.2. The molecule has 0 fully saturated rings. The van der Waals surface area contributed by atoms with Crippen molar-refractivity contribution in [1.82, 2.24) is 0 Å². The summed E-state index contributed by atoms with van der Waals surface area (Å²) >= 11 is 0. The van der Waals surface area contributed by atoms with Gasteiger partial charge in [0, 0.05) is 12.2 Å². The Labute approximate surface area is 97.9 Å². The number of hydrogen-bond acceptors (Lipinski definition) is 1. The summed E-state index contributed by atoms with van der Waals surface area (Å²) in [6.07, 6.45) is 11.0. The zero-order chi connectivity index (χ0) is 11.8. The Morgan fingerprint density at radius 2 is 2.06 bits per heavy atom. The van der Waals surface area contributed by atoms with Crippen molar-refractivity contribution in [3.8, 4) is 12.3 Å². The van der Waals surface area contributed by atoms with Crippen LogP contribution in [0.5, 0.6) is 0 Å². The summed E-state index contributed by atoms with van der Waals surface area (Å²) in [5.41, 5.74) is 3.50. The number of anilines is 1. The van der Waals surface area contributed by atoms with Crippen LogP contribution >= 0.6 is 0 Å². The fourth-order valence-electron chi connectivity index (χ4n) is 1.27. The molecule has 1 aromatic carbocycles. The molecule has 0 bridgehead atoms.